The van der Waals surface area contributed by atoms with Crippen molar-refractivity contribution in [3.63, 3.8) is 0 Å². The zero-order valence-electron chi connectivity index (χ0n) is 13.6. The SMILES string of the molecule is CCN(CC)CC(=O)OCCC(C)CCCC(C)C. The molecule has 0 saturated heterocycles. The van der Waals surface area contributed by atoms with Crippen molar-refractivity contribution in [2.45, 2.75) is 60.3 Å². The van der Waals surface area contributed by atoms with Crippen molar-refractivity contribution in [3.8, 4) is 0 Å². The molecule has 0 radical (unpaired) electrons. The first-order valence-electron chi connectivity index (χ1n) is 7.87. The summed E-state index contributed by atoms with van der Waals surface area (Å²) in [5.41, 5.74) is 0. The van der Waals surface area contributed by atoms with E-state index < -0.39 is 0 Å². The molecule has 0 aliphatic heterocycles. The van der Waals surface area contributed by atoms with Crippen LogP contribution in [-0.4, -0.2) is 37.1 Å². The van der Waals surface area contributed by atoms with Gasteiger partial charge in [0.05, 0.1) is 13.2 Å². The first-order chi connectivity index (χ1) is 8.99. The lowest BCUT2D eigenvalue weighted by molar-refractivity contribution is -0.145. The molecular formula is C16H33NO2. The van der Waals surface area contributed by atoms with Crippen LogP contribution in [0.25, 0.3) is 0 Å². The van der Waals surface area contributed by atoms with Gasteiger partial charge in [-0.15, -0.1) is 0 Å². The minimum absolute atomic E-state index is 0.0851. The quantitative estimate of drug-likeness (QED) is 0.536. The molecule has 3 heteroatoms. The number of nitrogens with zero attached hydrogens (tertiary/aromatic N) is 1. The molecule has 114 valence electrons. The lowest BCUT2D eigenvalue weighted by Crippen LogP contribution is -2.30. The highest BCUT2D eigenvalue weighted by Crippen LogP contribution is 2.15. The molecule has 0 aromatic heterocycles. The average molecular weight is 271 g/mol. The summed E-state index contributed by atoms with van der Waals surface area (Å²) in [6.07, 6.45) is 4.81. The van der Waals surface area contributed by atoms with Gasteiger partial charge in [-0.1, -0.05) is 53.9 Å². The van der Waals surface area contributed by atoms with Crippen molar-refractivity contribution in [1.29, 1.82) is 0 Å². The minimum atomic E-state index is -0.0851. The molecule has 1 unspecified atom stereocenters. The van der Waals surface area contributed by atoms with Crippen LogP contribution in [0.2, 0.25) is 0 Å². The fraction of sp³-hybridized carbons (Fsp3) is 0.938. The fourth-order valence-electron chi connectivity index (χ4n) is 2.07. The van der Waals surface area contributed by atoms with Crippen LogP contribution in [-0.2, 0) is 9.53 Å². The van der Waals surface area contributed by atoms with E-state index in [1.807, 2.05) is 0 Å². The van der Waals surface area contributed by atoms with Crippen LogP contribution in [0.15, 0.2) is 0 Å². The monoisotopic (exact) mass is 271 g/mol. The molecule has 0 aromatic carbocycles. The molecule has 0 saturated carbocycles. The largest absolute Gasteiger partial charge is 0.465 e. The summed E-state index contributed by atoms with van der Waals surface area (Å²) in [7, 11) is 0. The topological polar surface area (TPSA) is 29.5 Å². The van der Waals surface area contributed by atoms with Crippen LogP contribution >= 0.6 is 0 Å². The maximum Gasteiger partial charge on any atom is 0.320 e. The third-order valence-electron chi connectivity index (χ3n) is 3.60. The Morgan fingerprint density at radius 1 is 1.05 bits per heavy atom. The van der Waals surface area contributed by atoms with Crippen LogP contribution in [0, 0.1) is 11.8 Å². The van der Waals surface area contributed by atoms with Gasteiger partial charge in [-0.05, 0) is 31.3 Å². The van der Waals surface area contributed by atoms with Crippen molar-refractivity contribution in [2.24, 2.45) is 11.8 Å². The molecule has 0 amide bonds. The number of hydrogen-bond acceptors (Lipinski definition) is 3. The molecule has 0 aliphatic carbocycles. The van der Waals surface area contributed by atoms with Gasteiger partial charge in [0.15, 0.2) is 0 Å². The van der Waals surface area contributed by atoms with Crippen LogP contribution < -0.4 is 0 Å². The zero-order valence-corrected chi connectivity index (χ0v) is 13.6. The van der Waals surface area contributed by atoms with Gasteiger partial charge in [-0.3, -0.25) is 9.69 Å². The second kappa shape index (κ2) is 11.3. The molecule has 0 aromatic rings. The van der Waals surface area contributed by atoms with Gasteiger partial charge in [0.2, 0.25) is 0 Å². The van der Waals surface area contributed by atoms with Crippen LogP contribution in [0.4, 0.5) is 0 Å². The first-order valence-corrected chi connectivity index (χ1v) is 7.87. The van der Waals surface area contributed by atoms with Gasteiger partial charge < -0.3 is 4.74 Å². The molecule has 0 aliphatic rings. The van der Waals surface area contributed by atoms with Gasteiger partial charge in [0.25, 0.3) is 0 Å². The van der Waals surface area contributed by atoms with E-state index in [-0.39, 0.29) is 5.97 Å². The van der Waals surface area contributed by atoms with Gasteiger partial charge in [0, 0.05) is 0 Å². The molecule has 0 N–H and O–H groups in total. The molecule has 1 atom stereocenters. The number of ether oxygens (including phenoxy) is 1. The molecular weight excluding hydrogens is 238 g/mol. The smallest absolute Gasteiger partial charge is 0.320 e. The van der Waals surface area contributed by atoms with Crippen LogP contribution in [0.1, 0.15) is 60.3 Å². The Kier molecular flexibility index (Phi) is 10.9. The second-order valence-electron chi connectivity index (χ2n) is 5.90. The normalized spacial score (nSPS) is 13.0. The predicted octanol–water partition coefficient (Wildman–Crippen LogP) is 3.72. The van der Waals surface area contributed by atoms with E-state index in [1.165, 1.54) is 19.3 Å². The molecule has 0 heterocycles. The molecule has 0 rings (SSSR count). The summed E-state index contributed by atoms with van der Waals surface area (Å²) in [6.45, 7) is 13.7. The molecule has 0 fully saturated rings. The Labute approximate surface area is 119 Å². The van der Waals surface area contributed by atoms with Crippen LogP contribution in [0.5, 0.6) is 0 Å². The van der Waals surface area contributed by atoms with E-state index in [0.29, 0.717) is 19.1 Å². The maximum atomic E-state index is 11.6. The van der Waals surface area contributed by atoms with E-state index >= 15 is 0 Å². The van der Waals surface area contributed by atoms with Gasteiger partial charge >= 0.3 is 5.97 Å². The minimum Gasteiger partial charge on any atom is -0.465 e. The highest BCUT2D eigenvalue weighted by atomic mass is 16.5. The number of hydrogen-bond donors (Lipinski definition) is 0. The van der Waals surface area contributed by atoms with E-state index in [2.05, 4.69) is 39.5 Å². The average Bonchev–Trinajstić information content (AvgIpc) is 2.35. The summed E-state index contributed by atoms with van der Waals surface area (Å²) < 4.78 is 5.29. The third kappa shape index (κ3) is 11.0. The molecule has 0 bridgehead atoms. The number of carbonyl (C=O) groups is 1. The summed E-state index contributed by atoms with van der Waals surface area (Å²) >= 11 is 0. The maximum absolute atomic E-state index is 11.6. The molecule has 3 nitrogen and oxygen atoms in total. The van der Waals surface area contributed by atoms with Gasteiger partial charge in [-0.25, -0.2) is 0 Å². The molecule has 19 heavy (non-hydrogen) atoms. The molecule has 0 spiro atoms. The number of rotatable bonds is 11. The number of esters is 1. The van der Waals surface area contributed by atoms with Crippen molar-refractivity contribution in [2.75, 3.05) is 26.2 Å². The number of likely N-dealkylation sites (N-methyl/N-ethyl adjacent to an activating group) is 1. The summed E-state index contributed by atoms with van der Waals surface area (Å²) in [5.74, 6) is 1.36. The fourth-order valence-corrected chi connectivity index (χ4v) is 2.07. The lowest BCUT2D eigenvalue weighted by Gasteiger charge is -2.17. The standard InChI is InChI=1S/C16H33NO2/c1-6-17(7-2)13-16(18)19-12-11-15(5)10-8-9-14(3)4/h14-15H,6-13H2,1-5H3. The lowest BCUT2D eigenvalue weighted by atomic mass is 9.98. The Bertz CT molecular complexity index is 225. The van der Waals surface area contributed by atoms with Crippen molar-refractivity contribution < 1.29 is 9.53 Å². The van der Waals surface area contributed by atoms with Gasteiger partial charge in [-0.2, -0.15) is 0 Å². The van der Waals surface area contributed by atoms with Crippen molar-refractivity contribution in [1.82, 2.24) is 4.90 Å². The Hall–Kier alpha value is -0.570. The first kappa shape index (κ1) is 18.4. The zero-order chi connectivity index (χ0) is 14.7. The van der Waals surface area contributed by atoms with E-state index in [0.717, 1.165) is 25.4 Å². The number of carbonyl (C=O) groups excluding carboxylic acids is 1. The summed E-state index contributed by atoms with van der Waals surface area (Å²) in [6, 6.07) is 0. The Morgan fingerprint density at radius 3 is 2.21 bits per heavy atom. The van der Waals surface area contributed by atoms with Crippen molar-refractivity contribution in [3.05, 3.63) is 0 Å². The van der Waals surface area contributed by atoms with Crippen molar-refractivity contribution >= 4 is 5.97 Å². The second-order valence-corrected chi connectivity index (χ2v) is 5.90. The highest BCUT2D eigenvalue weighted by Gasteiger charge is 2.09. The highest BCUT2D eigenvalue weighted by molar-refractivity contribution is 5.71. The Morgan fingerprint density at radius 2 is 1.68 bits per heavy atom. The summed E-state index contributed by atoms with van der Waals surface area (Å²) in [5, 5.41) is 0. The van der Waals surface area contributed by atoms with Gasteiger partial charge in [0.1, 0.15) is 0 Å². The third-order valence-corrected chi connectivity index (χ3v) is 3.60. The summed E-state index contributed by atoms with van der Waals surface area (Å²) in [4.78, 5) is 13.7. The van der Waals surface area contributed by atoms with E-state index in [4.69, 9.17) is 4.74 Å². The Balaban J connectivity index is 3.58. The van der Waals surface area contributed by atoms with Crippen LogP contribution in [0.3, 0.4) is 0 Å². The van der Waals surface area contributed by atoms with E-state index in [1.54, 1.807) is 0 Å². The predicted molar refractivity (Wildman–Crippen MR) is 81.2 cm³/mol. The van der Waals surface area contributed by atoms with E-state index in [9.17, 15) is 4.79 Å².